The fraction of sp³-hybridized carbons (Fsp3) is 0.615. The van der Waals surface area contributed by atoms with Gasteiger partial charge in [0.1, 0.15) is 12.0 Å². The Bertz CT molecular complexity index is 890. The van der Waals surface area contributed by atoms with Crippen LogP contribution in [0.25, 0.3) is 5.82 Å². The normalized spacial score (nSPS) is 27.8. The fourth-order valence-corrected chi connectivity index (χ4v) is 6.18. The number of carbonyl (C=O) groups excluding carboxylic acids is 1. The lowest BCUT2D eigenvalue weighted by molar-refractivity contribution is 0.0773. The van der Waals surface area contributed by atoms with Gasteiger partial charge in [-0.2, -0.15) is 9.78 Å². The Morgan fingerprint density at radius 2 is 2.16 bits per heavy atom. The molecule has 2 aliphatic heterocycles. The van der Waals surface area contributed by atoms with Crippen molar-refractivity contribution < 1.29 is 13.2 Å². The van der Waals surface area contributed by atoms with Gasteiger partial charge in [-0.1, -0.05) is 0 Å². The van der Waals surface area contributed by atoms with Crippen LogP contribution in [0.5, 0.6) is 0 Å². The van der Waals surface area contributed by atoms with Crippen molar-refractivity contribution in [1.29, 1.82) is 0 Å². The van der Waals surface area contributed by atoms with Crippen LogP contribution in [0.15, 0.2) is 12.4 Å². The van der Waals surface area contributed by atoms with Crippen molar-refractivity contribution in [2.24, 2.45) is 5.92 Å². The molecule has 12 heteroatoms. The monoisotopic (exact) mass is 366 g/mol. The average molecular weight is 366 g/mol. The summed E-state index contributed by atoms with van der Waals surface area (Å²) in [7, 11) is 0.562. The second-order valence-electron chi connectivity index (χ2n) is 6.67. The zero-order valence-corrected chi connectivity index (χ0v) is 14.6. The Hall–Kier alpha value is -2.34. The summed E-state index contributed by atoms with van der Waals surface area (Å²) in [4.78, 5) is 16.2. The number of likely N-dealkylation sites (tertiary alicyclic amines) is 1. The Balaban J connectivity index is 1.55. The number of H-pyrrole nitrogens is 1. The van der Waals surface area contributed by atoms with Crippen LogP contribution in [0.4, 0.5) is 0 Å². The van der Waals surface area contributed by atoms with E-state index in [9.17, 15) is 13.2 Å². The number of nitrogens with one attached hydrogen (secondary N) is 1. The van der Waals surface area contributed by atoms with Crippen LogP contribution >= 0.6 is 0 Å². The summed E-state index contributed by atoms with van der Waals surface area (Å²) in [5.74, 6) is 0.219. The van der Waals surface area contributed by atoms with Crippen molar-refractivity contribution >= 4 is 15.7 Å². The molecule has 2 aliphatic rings. The molecule has 0 bridgehead atoms. The van der Waals surface area contributed by atoms with Crippen molar-refractivity contribution in [3.05, 3.63) is 18.1 Å². The summed E-state index contributed by atoms with van der Waals surface area (Å²) in [6, 6.07) is 1.48. The molecule has 134 valence electrons. The summed E-state index contributed by atoms with van der Waals surface area (Å²) < 4.78 is 26.2. The molecular formula is C13H18N8O3S. The molecule has 3 atom stereocenters. The quantitative estimate of drug-likeness (QED) is 0.672. The summed E-state index contributed by atoms with van der Waals surface area (Å²) in [5.41, 5.74) is 0.282. The molecule has 4 heterocycles. The van der Waals surface area contributed by atoms with Crippen molar-refractivity contribution in [1.82, 2.24) is 40.2 Å². The average Bonchev–Trinajstić information content (AvgIpc) is 3.32. The Morgan fingerprint density at radius 3 is 2.84 bits per heavy atom. The first-order valence-electron chi connectivity index (χ1n) is 7.83. The number of tetrazole rings is 1. The van der Waals surface area contributed by atoms with Crippen LogP contribution in [-0.4, -0.2) is 98.8 Å². The molecule has 0 aromatic carbocycles. The van der Waals surface area contributed by atoms with E-state index in [2.05, 4.69) is 25.7 Å². The predicted molar refractivity (Wildman–Crippen MR) is 85.7 cm³/mol. The van der Waals surface area contributed by atoms with Crippen LogP contribution < -0.4 is 0 Å². The smallest absolute Gasteiger partial charge is 0.271 e. The molecule has 1 amide bonds. The van der Waals surface area contributed by atoms with E-state index in [1.165, 1.54) is 11.0 Å². The topological polar surface area (TPSA) is 130 Å². The third kappa shape index (κ3) is 2.61. The summed E-state index contributed by atoms with van der Waals surface area (Å²) >= 11 is 0. The van der Waals surface area contributed by atoms with E-state index in [0.717, 1.165) is 0 Å². The number of sulfone groups is 1. The molecule has 25 heavy (non-hydrogen) atoms. The maximum absolute atomic E-state index is 12.7. The van der Waals surface area contributed by atoms with Gasteiger partial charge in [0.15, 0.2) is 15.7 Å². The number of carbonyl (C=O) groups is 1. The summed E-state index contributed by atoms with van der Waals surface area (Å²) in [6.45, 7) is 0.639. The molecule has 2 aromatic rings. The van der Waals surface area contributed by atoms with E-state index < -0.39 is 15.1 Å². The van der Waals surface area contributed by atoms with E-state index in [-0.39, 0.29) is 35.9 Å². The zero-order valence-electron chi connectivity index (χ0n) is 13.8. The number of aromatic nitrogens is 6. The van der Waals surface area contributed by atoms with Gasteiger partial charge in [-0.25, -0.2) is 8.42 Å². The first-order valence-corrected chi connectivity index (χ1v) is 9.54. The highest BCUT2D eigenvalue weighted by Crippen LogP contribution is 2.36. The second-order valence-corrected chi connectivity index (χ2v) is 8.93. The number of hydrogen-bond donors (Lipinski definition) is 1. The van der Waals surface area contributed by atoms with Gasteiger partial charge in [-0.15, -0.1) is 5.10 Å². The predicted octanol–water partition coefficient (Wildman–Crippen LogP) is -1.82. The van der Waals surface area contributed by atoms with Crippen molar-refractivity contribution in [2.45, 2.75) is 11.3 Å². The summed E-state index contributed by atoms with van der Waals surface area (Å²) in [6.07, 6.45) is 1.37. The van der Waals surface area contributed by atoms with Gasteiger partial charge < -0.3 is 9.80 Å². The minimum atomic E-state index is -3.19. The van der Waals surface area contributed by atoms with Crippen LogP contribution in [0.1, 0.15) is 10.5 Å². The van der Waals surface area contributed by atoms with Crippen LogP contribution in [0, 0.1) is 5.92 Å². The minimum absolute atomic E-state index is 0.0636. The van der Waals surface area contributed by atoms with E-state index in [4.69, 9.17) is 0 Å². The molecule has 2 fully saturated rings. The molecule has 0 radical (unpaired) electrons. The van der Waals surface area contributed by atoms with Gasteiger partial charge >= 0.3 is 0 Å². The lowest BCUT2D eigenvalue weighted by atomic mass is 10.00. The molecule has 0 unspecified atom stereocenters. The number of aromatic amines is 1. The third-order valence-electron chi connectivity index (χ3n) is 5.00. The largest absolute Gasteiger partial charge is 0.336 e. The highest BCUT2D eigenvalue weighted by Gasteiger charge is 2.53. The minimum Gasteiger partial charge on any atom is -0.336 e. The van der Waals surface area contributed by atoms with E-state index in [0.29, 0.717) is 12.4 Å². The third-order valence-corrected chi connectivity index (χ3v) is 7.22. The highest BCUT2D eigenvalue weighted by atomic mass is 32.2. The highest BCUT2D eigenvalue weighted by molar-refractivity contribution is 7.92. The van der Waals surface area contributed by atoms with Gasteiger partial charge in [0.05, 0.1) is 11.0 Å². The first-order chi connectivity index (χ1) is 11.9. The molecule has 11 nitrogen and oxygen atoms in total. The maximum atomic E-state index is 12.7. The van der Waals surface area contributed by atoms with E-state index in [1.807, 2.05) is 19.0 Å². The Kier molecular flexibility index (Phi) is 3.61. The maximum Gasteiger partial charge on any atom is 0.271 e. The lowest BCUT2D eigenvalue weighted by Gasteiger charge is -2.24. The number of amides is 1. The van der Waals surface area contributed by atoms with Crippen LogP contribution in [0.2, 0.25) is 0 Å². The Labute approximate surface area is 143 Å². The van der Waals surface area contributed by atoms with Gasteiger partial charge in [-0.05, 0) is 24.5 Å². The van der Waals surface area contributed by atoms with Crippen molar-refractivity contribution in [3.8, 4) is 5.82 Å². The van der Waals surface area contributed by atoms with Crippen LogP contribution in [0.3, 0.4) is 0 Å². The van der Waals surface area contributed by atoms with Gasteiger partial charge in [-0.3, -0.25) is 9.89 Å². The molecule has 2 aromatic heterocycles. The molecular weight excluding hydrogens is 348 g/mol. The molecule has 1 N–H and O–H groups in total. The molecule has 0 aliphatic carbocycles. The fourth-order valence-electron chi connectivity index (χ4n) is 3.71. The van der Waals surface area contributed by atoms with E-state index >= 15 is 0 Å². The number of fused-ring (bicyclic) bond motifs is 1. The molecule has 4 rings (SSSR count). The Morgan fingerprint density at radius 1 is 1.36 bits per heavy atom. The summed E-state index contributed by atoms with van der Waals surface area (Å²) in [5, 5.41) is 17.0. The van der Waals surface area contributed by atoms with Crippen molar-refractivity contribution in [3.63, 3.8) is 0 Å². The van der Waals surface area contributed by atoms with E-state index in [1.54, 1.807) is 11.0 Å². The van der Waals surface area contributed by atoms with Gasteiger partial charge in [0.2, 0.25) is 0 Å². The zero-order chi connectivity index (χ0) is 17.8. The first kappa shape index (κ1) is 16.1. The van der Waals surface area contributed by atoms with Gasteiger partial charge in [0.25, 0.3) is 5.91 Å². The second kappa shape index (κ2) is 5.59. The molecule has 0 saturated carbocycles. The lowest BCUT2D eigenvalue weighted by Crippen LogP contribution is -2.38. The SMILES string of the molecule is CN(C)[C@H]1CS(=O)(=O)[C@H]2CN(C(=O)c3cc(-n4cnnn4)n[nH]3)C[C@@H]12. The molecule has 0 spiro atoms. The number of rotatable bonds is 3. The standard InChI is InChI=1S/C13H18N8O3S/c1-19(2)10-6-25(23,24)11-5-20(4-8(10)11)13(22)9-3-12(16-15-9)21-7-14-17-18-21/h3,7-8,10-11H,4-6H2,1-2H3,(H,15,16)/t8-,10-,11-/m0/s1. The number of nitrogens with zero attached hydrogens (tertiary/aromatic N) is 7. The molecule has 2 saturated heterocycles. The number of hydrogen-bond acceptors (Lipinski definition) is 8. The van der Waals surface area contributed by atoms with Crippen LogP contribution in [-0.2, 0) is 9.84 Å². The van der Waals surface area contributed by atoms with Crippen molar-refractivity contribution in [2.75, 3.05) is 32.9 Å². The van der Waals surface area contributed by atoms with Gasteiger partial charge in [0, 0.05) is 31.1 Å².